The van der Waals surface area contributed by atoms with Crippen LogP contribution in [0.2, 0.25) is 0 Å². The molecule has 0 spiro atoms. The first-order valence-electron chi connectivity index (χ1n) is 7.01. The summed E-state index contributed by atoms with van der Waals surface area (Å²) in [6, 6.07) is 21.2. The van der Waals surface area contributed by atoms with E-state index in [1.807, 2.05) is 0 Å². The molecule has 1 nitrogen and oxygen atoms in total. The van der Waals surface area contributed by atoms with Crippen molar-refractivity contribution < 1.29 is 0 Å². The molecule has 0 atom stereocenters. The van der Waals surface area contributed by atoms with Crippen LogP contribution < -0.4 is 0 Å². The van der Waals surface area contributed by atoms with E-state index < -0.39 is 0 Å². The largest absolute Gasteiger partial charge is 0.252 e. The summed E-state index contributed by atoms with van der Waals surface area (Å²) in [5.41, 5.74) is 3.45. The molecule has 0 aliphatic rings. The van der Waals surface area contributed by atoms with Crippen LogP contribution in [-0.4, -0.2) is 4.98 Å². The Balaban J connectivity index is 2.21. The fourth-order valence-electron chi connectivity index (χ4n) is 2.45. The molecule has 0 saturated carbocycles. The van der Waals surface area contributed by atoms with Crippen LogP contribution in [0, 0.1) is 0 Å². The second-order valence-electron chi connectivity index (χ2n) is 6.18. The number of aromatic nitrogens is 1. The quantitative estimate of drug-likeness (QED) is 0.586. The van der Waals surface area contributed by atoms with Crippen molar-refractivity contribution in [3.05, 3.63) is 66.4 Å². The van der Waals surface area contributed by atoms with Gasteiger partial charge in [-0.15, -0.1) is 0 Å². The normalized spacial score (nSPS) is 11.8. The molecule has 0 N–H and O–H groups in total. The van der Waals surface area contributed by atoms with Gasteiger partial charge in [0.1, 0.15) is 0 Å². The van der Waals surface area contributed by atoms with Crippen molar-refractivity contribution in [1.82, 2.24) is 4.98 Å². The first kappa shape index (κ1) is 12.9. The fourth-order valence-corrected chi connectivity index (χ4v) is 2.45. The van der Waals surface area contributed by atoms with E-state index in [9.17, 15) is 0 Å². The zero-order valence-electron chi connectivity index (χ0n) is 12.2. The maximum Gasteiger partial charge on any atom is 0.0711 e. The van der Waals surface area contributed by atoms with E-state index in [2.05, 4.69) is 81.4 Å². The van der Waals surface area contributed by atoms with Gasteiger partial charge in [0.25, 0.3) is 0 Å². The van der Waals surface area contributed by atoms with Gasteiger partial charge in [-0.2, -0.15) is 0 Å². The molecule has 0 aliphatic heterocycles. The predicted molar refractivity (Wildman–Crippen MR) is 85.9 cm³/mol. The van der Waals surface area contributed by atoms with Crippen molar-refractivity contribution in [2.45, 2.75) is 26.2 Å². The van der Waals surface area contributed by atoms with Gasteiger partial charge >= 0.3 is 0 Å². The Labute approximate surface area is 120 Å². The van der Waals surface area contributed by atoms with Crippen molar-refractivity contribution >= 4 is 10.8 Å². The molecular weight excluding hydrogens is 242 g/mol. The molecule has 0 radical (unpaired) electrons. The van der Waals surface area contributed by atoms with Crippen LogP contribution >= 0.6 is 0 Å². The first-order chi connectivity index (χ1) is 9.55. The number of hydrogen-bond donors (Lipinski definition) is 0. The van der Waals surface area contributed by atoms with Crippen molar-refractivity contribution in [2.75, 3.05) is 0 Å². The van der Waals surface area contributed by atoms with Gasteiger partial charge in [0.15, 0.2) is 0 Å². The van der Waals surface area contributed by atoms with Crippen LogP contribution in [0.1, 0.15) is 26.5 Å². The molecule has 0 unspecified atom stereocenters. The summed E-state index contributed by atoms with van der Waals surface area (Å²) < 4.78 is 0. The van der Waals surface area contributed by atoms with E-state index in [1.165, 1.54) is 16.3 Å². The van der Waals surface area contributed by atoms with Crippen LogP contribution in [0.25, 0.3) is 22.0 Å². The van der Waals surface area contributed by atoms with Gasteiger partial charge in [-0.25, -0.2) is 0 Å². The summed E-state index contributed by atoms with van der Waals surface area (Å²) in [6.45, 7) is 6.59. The molecule has 20 heavy (non-hydrogen) atoms. The summed E-state index contributed by atoms with van der Waals surface area (Å²) in [5, 5.41) is 2.52. The van der Waals surface area contributed by atoms with E-state index in [0.29, 0.717) is 0 Å². The van der Waals surface area contributed by atoms with Gasteiger partial charge in [-0.1, -0.05) is 69.3 Å². The van der Waals surface area contributed by atoms with Crippen LogP contribution in [-0.2, 0) is 5.41 Å². The van der Waals surface area contributed by atoms with Gasteiger partial charge in [0.05, 0.1) is 5.69 Å². The Morgan fingerprint density at radius 3 is 2.25 bits per heavy atom. The molecular formula is C19H19N. The molecule has 0 amide bonds. The Bertz CT molecular complexity index is 746. The standard InChI is InChI=1S/C19H19N/c1-19(2,3)18-13-7-12-17(20-18)16-11-6-9-14-8-4-5-10-15(14)16/h4-13H,1-3H3. The molecule has 1 aromatic heterocycles. The number of nitrogens with zero attached hydrogens (tertiary/aromatic N) is 1. The average molecular weight is 261 g/mol. The molecule has 3 rings (SSSR count). The Morgan fingerprint density at radius 2 is 1.45 bits per heavy atom. The third-order valence-corrected chi connectivity index (χ3v) is 3.58. The third-order valence-electron chi connectivity index (χ3n) is 3.58. The van der Waals surface area contributed by atoms with Crippen molar-refractivity contribution in [2.24, 2.45) is 0 Å². The highest BCUT2D eigenvalue weighted by atomic mass is 14.7. The molecule has 0 aliphatic carbocycles. The van der Waals surface area contributed by atoms with Gasteiger partial charge in [0.2, 0.25) is 0 Å². The maximum atomic E-state index is 4.86. The molecule has 0 fully saturated rings. The van der Waals surface area contributed by atoms with Crippen molar-refractivity contribution in [3.8, 4) is 11.3 Å². The van der Waals surface area contributed by atoms with Crippen LogP contribution in [0.15, 0.2) is 60.7 Å². The van der Waals surface area contributed by atoms with Crippen molar-refractivity contribution in [1.29, 1.82) is 0 Å². The van der Waals surface area contributed by atoms with E-state index in [-0.39, 0.29) is 5.41 Å². The lowest BCUT2D eigenvalue weighted by Crippen LogP contribution is -2.13. The second kappa shape index (κ2) is 4.75. The topological polar surface area (TPSA) is 12.9 Å². The van der Waals surface area contributed by atoms with Crippen LogP contribution in [0.5, 0.6) is 0 Å². The number of hydrogen-bond acceptors (Lipinski definition) is 1. The summed E-state index contributed by atoms with van der Waals surface area (Å²) in [4.78, 5) is 4.86. The lowest BCUT2D eigenvalue weighted by atomic mass is 9.91. The average Bonchev–Trinajstić information content (AvgIpc) is 2.46. The number of pyridine rings is 1. The van der Waals surface area contributed by atoms with E-state index >= 15 is 0 Å². The Morgan fingerprint density at radius 1 is 0.750 bits per heavy atom. The fraction of sp³-hybridized carbons (Fsp3) is 0.211. The number of rotatable bonds is 1. The van der Waals surface area contributed by atoms with Gasteiger partial charge < -0.3 is 0 Å². The highest BCUT2D eigenvalue weighted by Crippen LogP contribution is 2.29. The molecule has 1 heteroatoms. The van der Waals surface area contributed by atoms with Gasteiger partial charge in [-0.05, 0) is 22.9 Å². The number of benzene rings is 2. The summed E-state index contributed by atoms with van der Waals surface area (Å²) in [6.07, 6.45) is 0. The molecule has 100 valence electrons. The van der Waals surface area contributed by atoms with Crippen molar-refractivity contribution in [3.63, 3.8) is 0 Å². The molecule has 1 heterocycles. The second-order valence-corrected chi connectivity index (χ2v) is 6.18. The minimum atomic E-state index is 0.0700. The highest BCUT2D eigenvalue weighted by molar-refractivity contribution is 5.95. The Hall–Kier alpha value is -2.15. The van der Waals surface area contributed by atoms with E-state index in [4.69, 9.17) is 4.98 Å². The van der Waals surface area contributed by atoms with Gasteiger partial charge in [-0.3, -0.25) is 4.98 Å². The third kappa shape index (κ3) is 2.32. The lowest BCUT2D eigenvalue weighted by molar-refractivity contribution is 0.570. The molecule has 3 aromatic rings. The van der Waals surface area contributed by atoms with E-state index in [0.717, 1.165) is 11.4 Å². The SMILES string of the molecule is CC(C)(C)c1cccc(-c2cccc3ccccc23)n1. The molecule has 0 bridgehead atoms. The maximum absolute atomic E-state index is 4.86. The minimum absolute atomic E-state index is 0.0700. The summed E-state index contributed by atoms with van der Waals surface area (Å²) >= 11 is 0. The summed E-state index contributed by atoms with van der Waals surface area (Å²) in [5.74, 6) is 0. The number of fused-ring (bicyclic) bond motifs is 1. The van der Waals surface area contributed by atoms with Crippen LogP contribution in [0.3, 0.4) is 0 Å². The Kier molecular flexibility index (Phi) is 3.06. The lowest BCUT2D eigenvalue weighted by Gasteiger charge is -2.18. The first-order valence-corrected chi connectivity index (χ1v) is 7.01. The molecule has 2 aromatic carbocycles. The van der Waals surface area contributed by atoms with E-state index in [1.54, 1.807) is 0 Å². The van der Waals surface area contributed by atoms with Crippen LogP contribution in [0.4, 0.5) is 0 Å². The monoisotopic (exact) mass is 261 g/mol. The zero-order chi connectivity index (χ0) is 14.2. The molecule has 0 saturated heterocycles. The minimum Gasteiger partial charge on any atom is -0.252 e. The summed E-state index contributed by atoms with van der Waals surface area (Å²) in [7, 11) is 0. The zero-order valence-corrected chi connectivity index (χ0v) is 12.2. The highest BCUT2D eigenvalue weighted by Gasteiger charge is 2.16. The van der Waals surface area contributed by atoms with Gasteiger partial charge in [0, 0.05) is 16.7 Å². The smallest absolute Gasteiger partial charge is 0.0711 e. The predicted octanol–water partition coefficient (Wildman–Crippen LogP) is 5.20.